The van der Waals surface area contributed by atoms with E-state index in [1.165, 1.54) is 33.9 Å². The number of hydrogen-bond acceptors (Lipinski definition) is 0. The monoisotopic (exact) mass is 236 g/mol. The van der Waals surface area contributed by atoms with Gasteiger partial charge in [0.2, 0.25) is 0 Å². The lowest BCUT2D eigenvalue weighted by atomic mass is 10.0. The molecule has 0 saturated heterocycles. The van der Waals surface area contributed by atoms with Crippen molar-refractivity contribution in [1.29, 1.82) is 0 Å². The first kappa shape index (κ1) is 12.6. The summed E-state index contributed by atoms with van der Waals surface area (Å²) in [4.78, 5) is 0. The summed E-state index contributed by atoms with van der Waals surface area (Å²) in [6.45, 7) is 10.5. The summed E-state index contributed by atoms with van der Waals surface area (Å²) in [5.41, 5.74) is 5.38. The van der Waals surface area contributed by atoms with Gasteiger partial charge in [-0.05, 0) is 39.6 Å². The maximum Gasteiger partial charge on any atom is -0.00757 e. The van der Waals surface area contributed by atoms with E-state index in [4.69, 9.17) is 0 Å². The lowest BCUT2D eigenvalue weighted by Gasteiger charge is -2.00. The van der Waals surface area contributed by atoms with Crippen molar-refractivity contribution < 1.29 is 0 Å². The van der Waals surface area contributed by atoms with Crippen LogP contribution in [0.2, 0.25) is 0 Å². The Balaban J connectivity index is 0.000000367. The van der Waals surface area contributed by atoms with E-state index < -0.39 is 0 Å². The van der Waals surface area contributed by atoms with E-state index in [0.29, 0.717) is 0 Å². The van der Waals surface area contributed by atoms with E-state index in [0.717, 1.165) is 5.22 Å². The van der Waals surface area contributed by atoms with Crippen molar-refractivity contribution in [1.82, 2.24) is 0 Å². The Morgan fingerprint density at radius 3 is 2.06 bits per heavy atom. The summed E-state index contributed by atoms with van der Waals surface area (Å²) < 4.78 is 0. The Morgan fingerprint density at radius 2 is 1.39 bits per heavy atom. The summed E-state index contributed by atoms with van der Waals surface area (Å²) in [6, 6.07) is 14.9. The fourth-order valence-corrected chi connectivity index (χ4v) is 2.45. The van der Waals surface area contributed by atoms with Gasteiger partial charge in [-0.3, -0.25) is 0 Å². The van der Waals surface area contributed by atoms with Crippen LogP contribution < -0.4 is 10.4 Å². The summed E-state index contributed by atoms with van der Waals surface area (Å²) in [5.74, 6) is 0. The molecule has 18 heavy (non-hydrogen) atoms. The number of fused-ring (bicyclic) bond motifs is 3. The van der Waals surface area contributed by atoms with Crippen LogP contribution in [0.1, 0.15) is 32.8 Å². The van der Waals surface area contributed by atoms with Crippen LogP contribution in [0.5, 0.6) is 0 Å². The molecule has 0 fully saturated rings. The molecule has 2 aromatic carbocycles. The summed E-state index contributed by atoms with van der Waals surface area (Å²) in [6.07, 6.45) is 1.25. The van der Waals surface area contributed by atoms with E-state index in [9.17, 15) is 0 Å². The van der Waals surface area contributed by atoms with Gasteiger partial charge in [-0.1, -0.05) is 69.3 Å². The van der Waals surface area contributed by atoms with Crippen LogP contribution in [0.4, 0.5) is 0 Å². The van der Waals surface area contributed by atoms with Crippen LogP contribution in [0.3, 0.4) is 0 Å². The molecule has 0 heteroatoms. The van der Waals surface area contributed by atoms with Crippen LogP contribution in [-0.4, -0.2) is 0 Å². The Kier molecular flexibility index (Phi) is 3.66. The highest BCUT2D eigenvalue weighted by Gasteiger charge is 2.15. The zero-order valence-corrected chi connectivity index (χ0v) is 11.5. The van der Waals surface area contributed by atoms with Crippen molar-refractivity contribution >= 4 is 12.2 Å². The van der Waals surface area contributed by atoms with Gasteiger partial charge in [-0.15, -0.1) is 0 Å². The quantitative estimate of drug-likeness (QED) is 0.654. The summed E-state index contributed by atoms with van der Waals surface area (Å²) in [5, 5.41) is 2.44. The Morgan fingerprint density at radius 1 is 0.833 bits per heavy atom. The van der Waals surface area contributed by atoms with Crippen LogP contribution in [0, 0.1) is 0 Å². The van der Waals surface area contributed by atoms with Crippen molar-refractivity contribution in [2.24, 2.45) is 0 Å². The Labute approximate surface area is 109 Å². The average molecular weight is 236 g/mol. The summed E-state index contributed by atoms with van der Waals surface area (Å²) in [7, 11) is 0. The predicted octanol–water partition coefficient (Wildman–Crippen LogP) is 3.71. The molecule has 0 atom stereocenters. The molecule has 0 N–H and O–H groups in total. The SMILES string of the molecule is C=c1cccc2c1=C(C)c1ccccc1-2.CCC. The molecule has 0 aliphatic heterocycles. The topological polar surface area (TPSA) is 0 Å². The van der Waals surface area contributed by atoms with Crippen molar-refractivity contribution in [3.8, 4) is 11.1 Å². The molecule has 0 saturated carbocycles. The van der Waals surface area contributed by atoms with Crippen molar-refractivity contribution in [2.75, 3.05) is 0 Å². The molecule has 0 unspecified atom stereocenters. The predicted molar refractivity (Wildman–Crippen MR) is 80.8 cm³/mol. The first-order valence-electron chi connectivity index (χ1n) is 6.59. The van der Waals surface area contributed by atoms with Gasteiger partial charge in [0.15, 0.2) is 0 Å². The zero-order chi connectivity index (χ0) is 13.1. The van der Waals surface area contributed by atoms with Gasteiger partial charge in [-0.2, -0.15) is 0 Å². The Bertz CT molecular complexity index is 663. The molecule has 0 amide bonds. The molecule has 0 spiro atoms. The third kappa shape index (κ3) is 1.99. The maximum absolute atomic E-state index is 4.10. The molecule has 1 aliphatic rings. The summed E-state index contributed by atoms with van der Waals surface area (Å²) >= 11 is 0. The lowest BCUT2D eigenvalue weighted by molar-refractivity contribution is 1.09. The fraction of sp³-hybridized carbons (Fsp3) is 0.222. The lowest BCUT2D eigenvalue weighted by Crippen LogP contribution is -2.24. The molecule has 0 nitrogen and oxygen atoms in total. The first-order chi connectivity index (χ1) is 8.70. The normalized spacial score (nSPS) is 11.4. The van der Waals surface area contributed by atoms with Gasteiger partial charge >= 0.3 is 0 Å². The second-order valence-electron chi connectivity index (χ2n) is 4.72. The molecule has 0 aromatic heterocycles. The fourth-order valence-electron chi connectivity index (χ4n) is 2.45. The number of rotatable bonds is 0. The van der Waals surface area contributed by atoms with Crippen molar-refractivity contribution in [3.63, 3.8) is 0 Å². The molecule has 3 rings (SSSR count). The number of hydrogen-bond donors (Lipinski definition) is 0. The molecular formula is C18H20. The third-order valence-electron chi connectivity index (χ3n) is 3.15. The van der Waals surface area contributed by atoms with Gasteiger partial charge in [0, 0.05) is 0 Å². The highest BCUT2D eigenvalue weighted by Crippen LogP contribution is 2.29. The zero-order valence-electron chi connectivity index (χ0n) is 11.5. The second kappa shape index (κ2) is 5.22. The highest BCUT2D eigenvalue weighted by molar-refractivity contribution is 5.88. The standard InChI is InChI=1S/C15H12.C3H8/c1-10-6-5-9-14-13-8-4-3-7-12(13)11(2)15(10)14;1-3-2/h3-9H,1H2,2H3;3H2,1-2H3. The van der Waals surface area contributed by atoms with Gasteiger partial charge in [0.25, 0.3) is 0 Å². The van der Waals surface area contributed by atoms with E-state index in [2.05, 4.69) is 69.8 Å². The highest BCUT2D eigenvalue weighted by atomic mass is 14.2. The van der Waals surface area contributed by atoms with Crippen LogP contribution in [0.15, 0.2) is 42.5 Å². The minimum Gasteiger partial charge on any atom is -0.0911 e. The van der Waals surface area contributed by atoms with E-state index in [1.807, 2.05) is 0 Å². The van der Waals surface area contributed by atoms with E-state index >= 15 is 0 Å². The molecule has 0 heterocycles. The average Bonchev–Trinajstić information content (AvgIpc) is 2.66. The van der Waals surface area contributed by atoms with Crippen LogP contribution >= 0.6 is 0 Å². The minimum atomic E-state index is 1.13. The van der Waals surface area contributed by atoms with Gasteiger partial charge in [-0.25, -0.2) is 0 Å². The second-order valence-corrected chi connectivity index (χ2v) is 4.72. The number of benzene rings is 2. The maximum atomic E-state index is 4.10. The molecular weight excluding hydrogens is 216 g/mol. The molecule has 0 radical (unpaired) electrons. The molecule has 92 valence electrons. The van der Waals surface area contributed by atoms with Crippen LogP contribution in [0.25, 0.3) is 23.3 Å². The first-order valence-corrected chi connectivity index (χ1v) is 6.59. The van der Waals surface area contributed by atoms with E-state index in [-0.39, 0.29) is 0 Å². The van der Waals surface area contributed by atoms with Crippen molar-refractivity contribution in [3.05, 3.63) is 58.5 Å². The van der Waals surface area contributed by atoms with E-state index in [1.54, 1.807) is 0 Å². The molecule has 1 aliphatic carbocycles. The van der Waals surface area contributed by atoms with Crippen LogP contribution in [-0.2, 0) is 0 Å². The smallest absolute Gasteiger partial charge is 0.00757 e. The van der Waals surface area contributed by atoms with Gasteiger partial charge in [0.05, 0.1) is 0 Å². The third-order valence-corrected chi connectivity index (χ3v) is 3.15. The van der Waals surface area contributed by atoms with Crippen molar-refractivity contribution in [2.45, 2.75) is 27.2 Å². The Hall–Kier alpha value is -1.82. The molecule has 2 aromatic rings. The minimum absolute atomic E-state index is 1.13. The van der Waals surface area contributed by atoms with Gasteiger partial charge < -0.3 is 0 Å². The largest absolute Gasteiger partial charge is 0.0911 e. The molecule has 0 bridgehead atoms. The van der Waals surface area contributed by atoms with Gasteiger partial charge in [0.1, 0.15) is 0 Å².